The summed E-state index contributed by atoms with van der Waals surface area (Å²) >= 11 is 0. The molecule has 1 aromatic carbocycles. The molecule has 78 valence electrons. The van der Waals surface area contributed by atoms with E-state index in [2.05, 4.69) is 29.2 Å². The van der Waals surface area contributed by atoms with E-state index in [1.165, 1.54) is 11.1 Å². The van der Waals surface area contributed by atoms with Crippen LogP contribution in [-0.2, 0) is 13.0 Å². The Morgan fingerprint density at radius 1 is 1.07 bits per heavy atom. The van der Waals surface area contributed by atoms with E-state index in [-0.39, 0.29) is 0 Å². The van der Waals surface area contributed by atoms with Crippen LogP contribution in [-0.4, -0.2) is 25.2 Å². The second kappa shape index (κ2) is 5.75. The largest absolute Gasteiger partial charge is 0.330 e. The molecule has 0 unspecified atom stereocenters. The van der Waals surface area contributed by atoms with E-state index < -0.39 is 0 Å². The summed E-state index contributed by atoms with van der Waals surface area (Å²) in [7, 11) is 2.01. The maximum absolute atomic E-state index is 5.51. The zero-order chi connectivity index (χ0) is 10.4. The first-order valence-corrected chi connectivity index (χ1v) is 4.92. The summed E-state index contributed by atoms with van der Waals surface area (Å²) in [6.45, 7) is 2.20. The summed E-state index contributed by atoms with van der Waals surface area (Å²) in [5, 5.41) is 0. The van der Waals surface area contributed by atoms with E-state index in [9.17, 15) is 0 Å². The van der Waals surface area contributed by atoms with Crippen molar-refractivity contribution in [2.45, 2.75) is 13.0 Å². The van der Waals surface area contributed by atoms with E-state index in [4.69, 9.17) is 11.5 Å². The van der Waals surface area contributed by atoms with Gasteiger partial charge in [-0.2, -0.15) is 0 Å². The summed E-state index contributed by atoms with van der Waals surface area (Å²) in [4.78, 5) is 2.07. The van der Waals surface area contributed by atoms with Crippen molar-refractivity contribution in [1.82, 2.24) is 4.90 Å². The lowest BCUT2D eigenvalue weighted by molar-refractivity contribution is 0.337. The minimum atomic E-state index is 0.588. The molecule has 0 saturated heterocycles. The Hall–Kier alpha value is -0.900. The molecule has 14 heavy (non-hydrogen) atoms. The second-order valence-corrected chi connectivity index (χ2v) is 3.55. The van der Waals surface area contributed by atoms with Crippen LogP contribution in [0.2, 0.25) is 0 Å². The van der Waals surface area contributed by atoms with Crippen LogP contribution in [0.3, 0.4) is 0 Å². The van der Waals surface area contributed by atoms with Gasteiger partial charge in [-0.25, -0.2) is 0 Å². The van der Waals surface area contributed by atoms with Gasteiger partial charge < -0.3 is 11.5 Å². The number of hydrogen-bond donors (Lipinski definition) is 2. The normalized spacial score (nSPS) is 10.9. The Morgan fingerprint density at radius 2 is 1.64 bits per heavy atom. The molecule has 0 aliphatic heterocycles. The number of nitrogens with two attached hydrogens (primary N) is 2. The van der Waals surface area contributed by atoms with Gasteiger partial charge in [0.1, 0.15) is 0 Å². The average Bonchev–Trinajstić information content (AvgIpc) is 2.21. The molecule has 0 heterocycles. The van der Waals surface area contributed by atoms with Crippen molar-refractivity contribution in [1.29, 1.82) is 0 Å². The summed E-state index contributed by atoms with van der Waals surface area (Å²) in [5.41, 5.74) is 13.6. The zero-order valence-corrected chi connectivity index (χ0v) is 8.74. The van der Waals surface area contributed by atoms with Crippen molar-refractivity contribution in [3.63, 3.8) is 0 Å². The molecule has 0 spiro atoms. The lowest BCUT2D eigenvalue weighted by atomic mass is 10.1. The fraction of sp³-hybridized carbons (Fsp3) is 0.455. The Morgan fingerprint density at radius 3 is 2.14 bits per heavy atom. The van der Waals surface area contributed by atoms with Gasteiger partial charge in [-0.3, -0.25) is 4.90 Å². The maximum atomic E-state index is 5.51. The van der Waals surface area contributed by atoms with Crippen LogP contribution in [0.25, 0.3) is 0 Å². The first kappa shape index (κ1) is 11.2. The Bertz CT molecular complexity index is 256. The zero-order valence-electron chi connectivity index (χ0n) is 8.74. The van der Waals surface area contributed by atoms with Crippen LogP contribution in [0.5, 0.6) is 0 Å². The van der Waals surface area contributed by atoms with E-state index in [0.717, 1.165) is 13.0 Å². The molecule has 0 atom stereocenters. The molecule has 0 aliphatic rings. The monoisotopic (exact) mass is 193 g/mol. The van der Waals surface area contributed by atoms with Crippen molar-refractivity contribution >= 4 is 0 Å². The van der Waals surface area contributed by atoms with Crippen molar-refractivity contribution in [3.8, 4) is 0 Å². The lowest BCUT2D eigenvalue weighted by Gasteiger charge is -2.13. The van der Waals surface area contributed by atoms with Crippen molar-refractivity contribution in [3.05, 3.63) is 35.4 Å². The van der Waals surface area contributed by atoms with Crippen LogP contribution in [0.15, 0.2) is 24.3 Å². The Labute approximate surface area is 85.7 Å². The summed E-state index contributed by atoms with van der Waals surface area (Å²) < 4.78 is 0. The third-order valence-corrected chi connectivity index (χ3v) is 2.22. The Kier molecular flexibility index (Phi) is 4.59. The Balaban J connectivity index is 2.54. The fourth-order valence-electron chi connectivity index (χ4n) is 1.35. The molecule has 0 fully saturated rings. The van der Waals surface area contributed by atoms with Crippen LogP contribution in [0, 0.1) is 0 Å². The van der Waals surface area contributed by atoms with Gasteiger partial charge in [0.15, 0.2) is 0 Å². The molecule has 0 aromatic heterocycles. The second-order valence-electron chi connectivity index (χ2n) is 3.55. The van der Waals surface area contributed by atoms with E-state index in [1.807, 2.05) is 7.05 Å². The van der Waals surface area contributed by atoms with Gasteiger partial charge in [-0.1, -0.05) is 24.3 Å². The quantitative estimate of drug-likeness (QED) is 0.671. The highest BCUT2D eigenvalue weighted by atomic mass is 15.1. The number of nitrogens with zero attached hydrogens (tertiary/aromatic N) is 1. The third-order valence-electron chi connectivity index (χ3n) is 2.22. The van der Waals surface area contributed by atoms with Gasteiger partial charge in [-0.15, -0.1) is 0 Å². The molecule has 4 N–H and O–H groups in total. The van der Waals surface area contributed by atoms with Crippen LogP contribution < -0.4 is 11.5 Å². The molecule has 0 radical (unpaired) electrons. The third kappa shape index (κ3) is 3.46. The van der Waals surface area contributed by atoms with Crippen LogP contribution >= 0.6 is 0 Å². The summed E-state index contributed by atoms with van der Waals surface area (Å²) in [6.07, 6.45) is 0.951. The maximum Gasteiger partial charge on any atom is 0.0455 e. The van der Waals surface area contributed by atoms with Gasteiger partial charge in [0.25, 0.3) is 0 Å². The molecule has 0 amide bonds. The number of benzene rings is 1. The molecule has 3 nitrogen and oxygen atoms in total. The van der Waals surface area contributed by atoms with Crippen molar-refractivity contribution in [2.24, 2.45) is 11.5 Å². The standard InChI is InChI=1S/C11H19N3/c1-14(9-13)8-11-4-2-10(3-5-11)6-7-12/h2-5H,6-9,12-13H2,1H3. The molecule has 1 aromatic rings. The first-order valence-electron chi connectivity index (χ1n) is 4.92. The molecule has 1 rings (SSSR count). The van der Waals surface area contributed by atoms with Gasteiger partial charge >= 0.3 is 0 Å². The minimum Gasteiger partial charge on any atom is -0.330 e. The highest BCUT2D eigenvalue weighted by Gasteiger charge is 1.97. The van der Waals surface area contributed by atoms with Crippen molar-refractivity contribution < 1.29 is 0 Å². The highest BCUT2D eigenvalue weighted by Crippen LogP contribution is 2.06. The number of hydrogen-bond acceptors (Lipinski definition) is 3. The van der Waals surface area contributed by atoms with E-state index in [0.29, 0.717) is 13.2 Å². The summed E-state index contributed by atoms with van der Waals surface area (Å²) in [6, 6.07) is 8.54. The van der Waals surface area contributed by atoms with Gasteiger partial charge in [0.2, 0.25) is 0 Å². The summed E-state index contributed by atoms with van der Waals surface area (Å²) in [5.74, 6) is 0. The van der Waals surface area contributed by atoms with Crippen LogP contribution in [0.4, 0.5) is 0 Å². The first-order chi connectivity index (χ1) is 6.76. The van der Waals surface area contributed by atoms with Crippen molar-refractivity contribution in [2.75, 3.05) is 20.3 Å². The molecule has 3 heteroatoms. The smallest absolute Gasteiger partial charge is 0.0455 e. The highest BCUT2D eigenvalue weighted by molar-refractivity contribution is 5.22. The molecule has 0 aliphatic carbocycles. The molecule has 0 saturated carbocycles. The number of rotatable bonds is 5. The van der Waals surface area contributed by atoms with E-state index in [1.54, 1.807) is 0 Å². The average molecular weight is 193 g/mol. The van der Waals surface area contributed by atoms with Gasteiger partial charge in [0.05, 0.1) is 0 Å². The predicted molar refractivity (Wildman–Crippen MR) is 59.7 cm³/mol. The predicted octanol–water partition coefficient (Wildman–Crippen LogP) is 0.536. The molecular formula is C11H19N3. The lowest BCUT2D eigenvalue weighted by Crippen LogP contribution is -2.24. The minimum absolute atomic E-state index is 0.588. The fourth-order valence-corrected chi connectivity index (χ4v) is 1.35. The van der Waals surface area contributed by atoms with Gasteiger partial charge in [-0.05, 0) is 31.1 Å². The SMILES string of the molecule is CN(CN)Cc1ccc(CCN)cc1. The van der Waals surface area contributed by atoms with Gasteiger partial charge in [0, 0.05) is 13.2 Å². The van der Waals surface area contributed by atoms with E-state index >= 15 is 0 Å². The molecular weight excluding hydrogens is 174 g/mol. The van der Waals surface area contributed by atoms with Crippen LogP contribution in [0.1, 0.15) is 11.1 Å². The topological polar surface area (TPSA) is 55.3 Å². The molecule has 0 bridgehead atoms.